The number of carbonyl (C=O) groups excluding carboxylic acids is 2. The van der Waals surface area contributed by atoms with Crippen LogP contribution in [0.5, 0.6) is 0 Å². The maximum Gasteiger partial charge on any atom is 0.254 e. The van der Waals surface area contributed by atoms with Crippen molar-refractivity contribution in [3.8, 4) is 0 Å². The van der Waals surface area contributed by atoms with Crippen molar-refractivity contribution in [1.29, 1.82) is 0 Å². The van der Waals surface area contributed by atoms with Gasteiger partial charge in [-0.25, -0.2) is 0 Å². The highest BCUT2D eigenvalue weighted by Gasteiger charge is 2.30. The Labute approximate surface area is 145 Å². The molecule has 2 amide bonds. The van der Waals surface area contributed by atoms with Crippen molar-refractivity contribution >= 4 is 17.5 Å². The Morgan fingerprint density at radius 2 is 2.00 bits per heavy atom. The molecular weight excluding hydrogens is 300 g/mol. The predicted octanol–water partition coefficient (Wildman–Crippen LogP) is 4.32. The van der Waals surface area contributed by atoms with Crippen molar-refractivity contribution in [2.75, 3.05) is 11.9 Å². The van der Waals surface area contributed by atoms with Gasteiger partial charge >= 0.3 is 0 Å². The number of likely N-dealkylation sites (tertiary alicyclic amines) is 1. The maximum atomic E-state index is 13.1. The van der Waals surface area contributed by atoms with Gasteiger partial charge in [-0.05, 0) is 49.3 Å². The normalized spacial score (nSPS) is 21.5. The molecule has 4 heteroatoms. The third-order valence-corrected chi connectivity index (χ3v) is 4.96. The van der Waals surface area contributed by atoms with E-state index in [1.54, 1.807) is 6.07 Å². The molecule has 2 atom stereocenters. The number of hydrogen-bond acceptors (Lipinski definition) is 2. The molecule has 1 fully saturated rings. The minimum atomic E-state index is -0.0387. The van der Waals surface area contributed by atoms with Gasteiger partial charge in [-0.15, -0.1) is 0 Å². The first-order valence-electron chi connectivity index (χ1n) is 9.13. The number of benzene rings is 1. The van der Waals surface area contributed by atoms with E-state index in [1.807, 2.05) is 25.1 Å². The number of carbonyl (C=O) groups is 2. The zero-order chi connectivity index (χ0) is 17.7. The quantitative estimate of drug-likeness (QED) is 0.893. The van der Waals surface area contributed by atoms with Crippen LogP contribution in [0.1, 0.15) is 63.7 Å². The minimum absolute atomic E-state index is 0.0387. The topological polar surface area (TPSA) is 49.4 Å². The van der Waals surface area contributed by atoms with Gasteiger partial charge in [0.2, 0.25) is 5.91 Å². The molecule has 24 heavy (non-hydrogen) atoms. The van der Waals surface area contributed by atoms with Gasteiger partial charge in [0.15, 0.2) is 0 Å². The van der Waals surface area contributed by atoms with Crippen LogP contribution in [-0.2, 0) is 4.79 Å². The van der Waals surface area contributed by atoms with E-state index >= 15 is 0 Å². The lowest BCUT2D eigenvalue weighted by molar-refractivity contribution is -0.115. The molecule has 1 N–H and O–H groups in total. The Kier molecular flexibility index (Phi) is 6.41. The fourth-order valence-corrected chi connectivity index (χ4v) is 3.37. The van der Waals surface area contributed by atoms with E-state index in [0.717, 1.165) is 19.4 Å². The van der Waals surface area contributed by atoms with E-state index in [2.05, 4.69) is 31.0 Å². The van der Waals surface area contributed by atoms with Crippen LogP contribution in [0.15, 0.2) is 24.3 Å². The number of amides is 2. The Morgan fingerprint density at radius 3 is 2.67 bits per heavy atom. The number of nitrogens with one attached hydrogen (secondary N) is 1. The van der Waals surface area contributed by atoms with Crippen molar-refractivity contribution in [3.63, 3.8) is 0 Å². The molecule has 132 valence electrons. The highest BCUT2D eigenvalue weighted by atomic mass is 16.2. The molecule has 2 rings (SSSR count). The summed E-state index contributed by atoms with van der Waals surface area (Å²) < 4.78 is 0. The Hall–Kier alpha value is -1.84. The van der Waals surface area contributed by atoms with Crippen molar-refractivity contribution in [2.24, 2.45) is 11.8 Å². The van der Waals surface area contributed by atoms with E-state index in [1.165, 1.54) is 6.42 Å². The van der Waals surface area contributed by atoms with E-state index in [4.69, 9.17) is 0 Å². The molecule has 2 unspecified atom stereocenters. The molecule has 1 heterocycles. The van der Waals surface area contributed by atoms with Gasteiger partial charge in [0.05, 0.1) is 0 Å². The van der Waals surface area contributed by atoms with Gasteiger partial charge in [0.1, 0.15) is 0 Å². The first-order valence-corrected chi connectivity index (χ1v) is 9.13. The molecule has 1 saturated heterocycles. The van der Waals surface area contributed by atoms with Crippen LogP contribution >= 0.6 is 0 Å². The van der Waals surface area contributed by atoms with E-state index in [9.17, 15) is 9.59 Å². The number of hydrogen-bond donors (Lipinski definition) is 1. The van der Waals surface area contributed by atoms with Gasteiger partial charge in [0.25, 0.3) is 5.91 Å². The summed E-state index contributed by atoms with van der Waals surface area (Å²) in [7, 11) is 0. The van der Waals surface area contributed by atoms with Crippen molar-refractivity contribution in [1.82, 2.24) is 4.90 Å². The van der Waals surface area contributed by atoms with Crippen molar-refractivity contribution in [2.45, 2.75) is 59.4 Å². The predicted molar refractivity (Wildman–Crippen MR) is 98.0 cm³/mol. The van der Waals surface area contributed by atoms with Crippen molar-refractivity contribution < 1.29 is 9.59 Å². The fourth-order valence-electron chi connectivity index (χ4n) is 3.37. The molecule has 0 saturated carbocycles. The summed E-state index contributed by atoms with van der Waals surface area (Å²) in [4.78, 5) is 26.7. The summed E-state index contributed by atoms with van der Waals surface area (Å²) in [6.07, 6.45) is 3.73. The Bertz CT molecular complexity index is 583. The van der Waals surface area contributed by atoms with E-state index < -0.39 is 0 Å². The van der Waals surface area contributed by atoms with Crippen LogP contribution in [0.2, 0.25) is 0 Å². The monoisotopic (exact) mass is 330 g/mol. The summed E-state index contributed by atoms with van der Waals surface area (Å²) in [5.41, 5.74) is 1.35. The highest BCUT2D eigenvalue weighted by Crippen LogP contribution is 2.27. The Morgan fingerprint density at radius 1 is 1.25 bits per heavy atom. The second kappa shape index (κ2) is 8.32. The minimum Gasteiger partial charge on any atom is -0.335 e. The highest BCUT2D eigenvalue weighted by molar-refractivity contribution is 5.97. The van der Waals surface area contributed by atoms with Crippen LogP contribution < -0.4 is 5.32 Å². The molecule has 0 aromatic heterocycles. The molecule has 4 nitrogen and oxygen atoms in total. The second-order valence-corrected chi connectivity index (χ2v) is 7.26. The molecule has 0 bridgehead atoms. The smallest absolute Gasteiger partial charge is 0.254 e. The summed E-state index contributed by atoms with van der Waals surface area (Å²) in [6.45, 7) is 9.29. The average Bonchev–Trinajstić information content (AvgIpc) is 2.76. The summed E-state index contributed by atoms with van der Waals surface area (Å²) >= 11 is 0. The lowest BCUT2D eigenvalue weighted by Gasteiger charge is -2.33. The van der Waals surface area contributed by atoms with Gasteiger partial charge in [-0.1, -0.05) is 33.8 Å². The van der Waals surface area contributed by atoms with Crippen LogP contribution in [0, 0.1) is 11.8 Å². The zero-order valence-electron chi connectivity index (χ0n) is 15.3. The van der Waals surface area contributed by atoms with Gasteiger partial charge in [0, 0.05) is 30.3 Å². The zero-order valence-corrected chi connectivity index (χ0v) is 15.3. The fraction of sp³-hybridized carbons (Fsp3) is 0.600. The van der Waals surface area contributed by atoms with Gasteiger partial charge in [-0.2, -0.15) is 0 Å². The van der Waals surface area contributed by atoms with Gasteiger partial charge in [-0.3, -0.25) is 9.59 Å². The van der Waals surface area contributed by atoms with Gasteiger partial charge < -0.3 is 10.2 Å². The molecular formula is C20H30N2O2. The Balaban J connectivity index is 2.21. The standard InChI is InChI=1S/C20H30N2O2/c1-5-19(23)21-17-8-6-7-16(13-17)20(24)22-12-11-15(4)9-10-18(22)14(2)3/h6-8,13-15,18H,5,9-12H2,1-4H3,(H,21,23). The molecule has 1 aromatic carbocycles. The van der Waals surface area contributed by atoms with E-state index in [0.29, 0.717) is 29.5 Å². The first kappa shape index (κ1) is 18.5. The molecule has 1 aliphatic rings. The largest absolute Gasteiger partial charge is 0.335 e. The molecule has 0 spiro atoms. The first-order chi connectivity index (χ1) is 11.4. The lowest BCUT2D eigenvalue weighted by Crippen LogP contribution is -2.43. The van der Waals surface area contributed by atoms with Crippen LogP contribution in [0.3, 0.4) is 0 Å². The molecule has 1 aliphatic heterocycles. The number of rotatable bonds is 4. The molecule has 0 radical (unpaired) electrons. The van der Waals surface area contributed by atoms with Crippen LogP contribution in [-0.4, -0.2) is 29.3 Å². The molecule has 0 aliphatic carbocycles. The molecule has 1 aromatic rings. The van der Waals surface area contributed by atoms with Crippen molar-refractivity contribution in [3.05, 3.63) is 29.8 Å². The van der Waals surface area contributed by atoms with Crippen LogP contribution in [0.25, 0.3) is 0 Å². The van der Waals surface area contributed by atoms with E-state index in [-0.39, 0.29) is 17.9 Å². The third-order valence-electron chi connectivity index (χ3n) is 4.96. The maximum absolute atomic E-state index is 13.1. The average molecular weight is 330 g/mol. The SMILES string of the molecule is CCC(=O)Nc1cccc(C(=O)N2CCC(C)CCC2C(C)C)c1. The number of anilines is 1. The van der Waals surface area contributed by atoms with Crippen LogP contribution in [0.4, 0.5) is 5.69 Å². The third kappa shape index (κ3) is 4.59. The number of nitrogens with zero attached hydrogens (tertiary/aromatic N) is 1. The summed E-state index contributed by atoms with van der Waals surface area (Å²) in [5, 5.41) is 2.83. The summed E-state index contributed by atoms with van der Waals surface area (Å²) in [6, 6.07) is 7.59. The summed E-state index contributed by atoms with van der Waals surface area (Å²) in [5.74, 6) is 1.15. The lowest BCUT2D eigenvalue weighted by atomic mass is 9.95. The second-order valence-electron chi connectivity index (χ2n) is 7.26.